The van der Waals surface area contributed by atoms with E-state index in [-0.39, 0.29) is 0 Å². The highest BCUT2D eigenvalue weighted by molar-refractivity contribution is 5.67. The summed E-state index contributed by atoms with van der Waals surface area (Å²) in [7, 11) is 0. The molecule has 0 heterocycles. The standard InChI is InChI=1S/C7H6/c1-2-4-5(2)7-3(1)6(4)7/h2-5H,1H2. The van der Waals surface area contributed by atoms with Crippen LogP contribution in [0.3, 0.4) is 0 Å². The van der Waals surface area contributed by atoms with Crippen LogP contribution in [0.2, 0.25) is 0 Å². The molecule has 3 saturated carbocycles. The van der Waals surface area contributed by atoms with Gasteiger partial charge in [-0.05, 0) is 24.2 Å². The van der Waals surface area contributed by atoms with Gasteiger partial charge < -0.3 is 0 Å². The molecule has 0 radical (unpaired) electrons. The Kier molecular flexibility index (Phi) is 0.123. The van der Waals surface area contributed by atoms with Crippen LogP contribution in [0.1, 0.15) is 6.42 Å². The third kappa shape index (κ3) is 0.0797. The molecule has 7 heavy (non-hydrogen) atoms. The van der Waals surface area contributed by atoms with Gasteiger partial charge in [-0.1, -0.05) is 11.1 Å². The lowest BCUT2D eigenvalue weighted by molar-refractivity contribution is 0.767. The van der Waals surface area contributed by atoms with Gasteiger partial charge in [0.2, 0.25) is 0 Å². The molecule has 5 aliphatic carbocycles. The molecule has 0 aromatic heterocycles. The van der Waals surface area contributed by atoms with E-state index in [1.165, 1.54) is 17.8 Å². The predicted molar refractivity (Wildman–Crippen MR) is 25.6 cm³/mol. The molecule has 2 unspecified atom stereocenters. The van der Waals surface area contributed by atoms with Crippen molar-refractivity contribution in [1.29, 1.82) is 0 Å². The Morgan fingerprint density at radius 1 is 1.14 bits per heavy atom. The zero-order valence-corrected chi connectivity index (χ0v) is 4.02. The molecule has 2 atom stereocenters. The van der Waals surface area contributed by atoms with E-state index in [1.54, 1.807) is 6.42 Å². The van der Waals surface area contributed by atoms with Gasteiger partial charge in [0.05, 0.1) is 0 Å². The molecule has 2 bridgehead atoms. The first-order valence-corrected chi connectivity index (χ1v) is 3.22. The molecule has 0 nitrogen and oxygen atoms in total. The lowest BCUT2D eigenvalue weighted by atomic mass is 10.1. The Balaban J connectivity index is 2.32. The number of allylic oxidation sites excluding steroid dienone is 2. The molecule has 0 aliphatic heterocycles. The van der Waals surface area contributed by atoms with Crippen molar-refractivity contribution in [2.24, 2.45) is 23.7 Å². The zero-order chi connectivity index (χ0) is 4.17. The number of rotatable bonds is 0. The van der Waals surface area contributed by atoms with Crippen LogP contribution in [0.15, 0.2) is 11.1 Å². The second-order valence-corrected chi connectivity index (χ2v) is 3.41. The van der Waals surface area contributed by atoms with E-state index in [2.05, 4.69) is 0 Å². The predicted octanol–water partition coefficient (Wildman–Crippen LogP) is 1.19. The van der Waals surface area contributed by atoms with Gasteiger partial charge in [-0.15, -0.1) is 0 Å². The van der Waals surface area contributed by atoms with Crippen molar-refractivity contribution in [2.75, 3.05) is 0 Å². The van der Waals surface area contributed by atoms with Crippen LogP contribution in [0.5, 0.6) is 0 Å². The van der Waals surface area contributed by atoms with E-state index in [9.17, 15) is 0 Å². The minimum Gasteiger partial charge on any atom is -0.0589 e. The van der Waals surface area contributed by atoms with Crippen LogP contribution in [0.4, 0.5) is 0 Å². The topological polar surface area (TPSA) is 0 Å². The van der Waals surface area contributed by atoms with Crippen molar-refractivity contribution < 1.29 is 0 Å². The van der Waals surface area contributed by atoms with Crippen LogP contribution >= 0.6 is 0 Å². The Morgan fingerprint density at radius 3 is 2.00 bits per heavy atom. The molecule has 0 saturated heterocycles. The van der Waals surface area contributed by atoms with Gasteiger partial charge in [-0.2, -0.15) is 0 Å². The highest BCUT2D eigenvalue weighted by Gasteiger charge is 2.79. The quantitative estimate of drug-likeness (QED) is 0.392. The van der Waals surface area contributed by atoms with Crippen LogP contribution in [-0.4, -0.2) is 0 Å². The first-order chi connectivity index (χ1) is 3.48. The van der Waals surface area contributed by atoms with Crippen molar-refractivity contribution in [3.63, 3.8) is 0 Å². The van der Waals surface area contributed by atoms with Crippen molar-refractivity contribution in [2.45, 2.75) is 6.42 Å². The summed E-state index contributed by atoms with van der Waals surface area (Å²) in [6, 6.07) is 0. The molecular weight excluding hydrogens is 84.1 g/mol. The van der Waals surface area contributed by atoms with Crippen LogP contribution in [0, 0.1) is 23.7 Å². The first kappa shape index (κ1) is 2.34. The maximum atomic E-state index is 1.93. The monoisotopic (exact) mass is 90.0 g/mol. The van der Waals surface area contributed by atoms with E-state index in [1.807, 2.05) is 11.1 Å². The highest BCUT2D eigenvalue weighted by atomic mass is 14.8. The van der Waals surface area contributed by atoms with Gasteiger partial charge in [-0.25, -0.2) is 0 Å². The smallest absolute Gasteiger partial charge is 0.00222 e. The maximum absolute atomic E-state index is 1.93. The maximum Gasteiger partial charge on any atom is 0.00222 e. The first-order valence-electron chi connectivity index (χ1n) is 3.22. The molecular formula is C7H6. The Labute approximate surface area is 42.2 Å². The van der Waals surface area contributed by atoms with Gasteiger partial charge in [0.25, 0.3) is 0 Å². The van der Waals surface area contributed by atoms with E-state index < -0.39 is 0 Å². The molecule has 0 N–H and O–H groups in total. The summed E-state index contributed by atoms with van der Waals surface area (Å²) in [6.45, 7) is 0. The van der Waals surface area contributed by atoms with Gasteiger partial charge >= 0.3 is 0 Å². The van der Waals surface area contributed by atoms with Gasteiger partial charge in [-0.3, -0.25) is 0 Å². The van der Waals surface area contributed by atoms with Crippen LogP contribution in [-0.2, 0) is 0 Å². The molecule has 0 aromatic rings. The van der Waals surface area contributed by atoms with E-state index in [0.717, 1.165) is 5.92 Å². The Bertz CT molecular complexity index is 192. The molecule has 34 valence electrons. The zero-order valence-electron chi connectivity index (χ0n) is 4.02. The molecule has 0 amide bonds. The fourth-order valence-electron chi connectivity index (χ4n) is 3.10. The third-order valence-corrected chi connectivity index (χ3v) is 3.40. The SMILES string of the molecule is C1C2C3=C2C2C1C32. The summed E-state index contributed by atoms with van der Waals surface area (Å²) in [5, 5.41) is 0. The highest BCUT2D eigenvalue weighted by Crippen LogP contribution is 2.87. The molecule has 3 fully saturated rings. The fourth-order valence-corrected chi connectivity index (χ4v) is 3.10. The summed E-state index contributed by atoms with van der Waals surface area (Å²) in [5.74, 6) is 4.73. The summed E-state index contributed by atoms with van der Waals surface area (Å²) in [6.07, 6.45) is 1.58. The molecule has 0 heteroatoms. The summed E-state index contributed by atoms with van der Waals surface area (Å²) < 4.78 is 0. The van der Waals surface area contributed by atoms with Crippen molar-refractivity contribution in [3.05, 3.63) is 11.1 Å². The van der Waals surface area contributed by atoms with E-state index in [4.69, 9.17) is 0 Å². The van der Waals surface area contributed by atoms with Crippen molar-refractivity contribution >= 4 is 0 Å². The molecule has 0 aromatic carbocycles. The minimum absolute atomic E-state index is 1.12. The second kappa shape index (κ2) is 0.367. The van der Waals surface area contributed by atoms with Gasteiger partial charge in [0.15, 0.2) is 0 Å². The van der Waals surface area contributed by atoms with E-state index in [0.29, 0.717) is 0 Å². The molecule has 0 spiro atoms. The summed E-state index contributed by atoms with van der Waals surface area (Å²) in [5.41, 5.74) is 3.85. The normalized spacial score (nSPS) is 75.4. The average Bonchev–Trinajstić information content (AvgIpc) is 2.18. The molecule has 5 rings (SSSR count). The van der Waals surface area contributed by atoms with Crippen molar-refractivity contribution in [3.8, 4) is 0 Å². The Hall–Kier alpha value is -0.260. The second-order valence-electron chi connectivity index (χ2n) is 3.41. The number of hydrogen-bond donors (Lipinski definition) is 0. The third-order valence-electron chi connectivity index (χ3n) is 3.40. The van der Waals surface area contributed by atoms with Gasteiger partial charge in [0.1, 0.15) is 0 Å². The van der Waals surface area contributed by atoms with Gasteiger partial charge in [0, 0.05) is 5.92 Å². The fraction of sp³-hybridized carbons (Fsp3) is 0.714. The summed E-state index contributed by atoms with van der Waals surface area (Å²) in [4.78, 5) is 0. The lowest BCUT2D eigenvalue weighted by Crippen LogP contribution is -1.80. The number of hydrogen-bond acceptors (Lipinski definition) is 0. The Morgan fingerprint density at radius 2 is 1.86 bits per heavy atom. The lowest BCUT2D eigenvalue weighted by Gasteiger charge is -1.89. The van der Waals surface area contributed by atoms with Crippen LogP contribution < -0.4 is 0 Å². The molecule has 5 aliphatic rings. The van der Waals surface area contributed by atoms with Crippen molar-refractivity contribution in [1.82, 2.24) is 0 Å². The minimum atomic E-state index is 1.12. The summed E-state index contributed by atoms with van der Waals surface area (Å²) >= 11 is 0. The average molecular weight is 90.1 g/mol. The van der Waals surface area contributed by atoms with Crippen LogP contribution in [0.25, 0.3) is 0 Å². The largest absolute Gasteiger partial charge is 0.0589 e. The van der Waals surface area contributed by atoms with E-state index >= 15 is 0 Å².